The van der Waals surface area contributed by atoms with Crippen LogP contribution in [0.3, 0.4) is 0 Å². The van der Waals surface area contributed by atoms with Crippen LogP contribution in [0.2, 0.25) is 0 Å². The molecule has 0 heterocycles. The third-order valence-corrected chi connectivity index (χ3v) is 10.6. The highest BCUT2D eigenvalue weighted by atomic mass is 79.9. The minimum Gasteiger partial charge on any atom is -0.449 e. The Labute approximate surface area is 207 Å². The van der Waals surface area contributed by atoms with Crippen LogP contribution in [-0.2, 0) is 19.1 Å². The number of carbonyl (C=O) groups is 3. The van der Waals surface area contributed by atoms with E-state index in [9.17, 15) is 19.5 Å². The molecule has 8 heteroatoms. The molecular weight excluding hydrogens is 511 g/mol. The van der Waals surface area contributed by atoms with Crippen LogP contribution in [0.25, 0.3) is 0 Å². The zero-order valence-electron chi connectivity index (χ0n) is 19.5. The van der Waals surface area contributed by atoms with E-state index >= 15 is 4.39 Å². The number of aliphatic hydroxyl groups is 1. The van der Waals surface area contributed by atoms with Crippen molar-refractivity contribution in [1.29, 1.82) is 0 Å². The van der Waals surface area contributed by atoms with Gasteiger partial charge in [-0.15, -0.1) is 0 Å². The van der Waals surface area contributed by atoms with Crippen molar-refractivity contribution in [3.8, 4) is 0 Å². The smallest absolute Gasteiger partial charge is 0.306 e. The number of carbonyl (C=O) groups excluding carboxylic acids is 3. The highest BCUT2D eigenvalue weighted by molar-refractivity contribution is 9.11. The molecule has 4 rings (SSSR count). The van der Waals surface area contributed by atoms with E-state index in [1.165, 1.54) is 12.2 Å². The summed E-state index contributed by atoms with van der Waals surface area (Å²) in [6.07, 6.45) is 4.86. The summed E-state index contributed by atoms with van der Waals surface area (Å²) in [4.78, 5) is 38.1. The van der Waals surface area contributed by atoms with Gasteiger partial charge in [0, 0.05) is 29.1 Å². The molecule has 0 aromatic rings. The molecule has 0 aromatic heterocycles. The number of alkyl halides is 2. The van der Waals surface area contributed by atoms with E-state index in [1.807, 2.05) is 13.8 Å². The fourth-order valence-electron chi connectivity index (χ4n) is 7.63. The Kier molecular flexibility index (Phi) is 6.32. The lowest BCUT2D eigenvalue weighted by Crippen LogP contribution is -2.69. The van der Waals surface area contributed by atoms with Gasteiger partial charge in [0.2, 0.25) is 5.12 Å². The molecule has 0 aliphatic heterocycles. The SMILES string of the molecule is CCC(=O)O[C@]1(C(=O)SCBr)[C@@H](C)C[C@H]2[C@@H]3CCC4=CC(=O)C=C[C@]4(C)[C@@]3(F)[C@@H](O)C[C@@]21C. The molecule has 4 aliphatic carbocycles. The molecule has 0 saturated heterocycles. The summed E-state index contributed by atoms with van der Waals surface area (Å²) >= 11 is 4.36. The maximum atomic E-state index is 17.3. The first-order valence-corrected chi connectivity index (χ1v) is 13.8. The van der Waals surface area contributed by atoms with Gasteiger partial charge in [-0.1, -0.05) is 60.1 Å². The van der Waals surface area contributed by atoms with Crippen molar-refractivity contribution >= 4 is 44.6 Å². The minimum atomic E-state index is -1.98. The molecule has 0 aromatic carbocycles. The topological polar surface area (TPSA) is 80.7 Å². The van der Waals surface area contributed by atoms with Crippen LogP contribution in [0.15, 0.2) is 23.8 Å². The second-order valence-electron chi connectivity index (χ2n) is 10.5. The highest BCUT2D eigenvalue weighted by Crippen LogP contribution is 2.71. The summed E-state index contributed by atoms with van der Waals surface area (Å²) in [6, 6.07) is 0. The van der Waals surface area contributed by atoms with E-state index in [4.69, 9.17) is 4.74 Å². The normalized spacial score (nSPS) is 46.2. The molecule has 3 saturated carbocycles. The van der Waals surface area contributed by atoms with Gasteiger partial charge in [-0.25, -0.2) is 4.39 Å². The van der Waals surface area contributed by atoms with E-state index in [1.54, 1.807) is 19.9 Å². The van der Waals surface area contributed by atoms with Crippen molar-refractivity contribution in [2.75, 3.05) is 4.66 Å². The van der Waals surface area contributed by atoms with Crippen molar-refractivity contribution in [3.63, 3.8) is 0 Å². The van der Waals surface area contributed by atoms with Gasteiger partial charge < -0.3 is 9.84 Å². The van der Waals surface area contributed by atoms with Crippen LogP contribution < -0.4 is 0 Å². The Morgan fingerprint density at radius 1 is 1.33 bits per heavy atom. The van der Waals surface area contributed by atoms with Gasteiger partial charge in [-0.05, 0) is 50.7 Å². The molecule has 0 radical (unpaired) electrons. The van der Waals surface area contributed by atoms with Gasteiger partial charge in [0.05, 0.1) is 10.8 Å². The molecule has 3 fully saturated rings. The molecule has 0 spiro atoms. The van der Waals surface area contributed by atoms with Gasteiger partial charge in [0.1, 0.15) is 0 Å². The predicted molar refractivity (Wildman–Crippen MR) is 128 cm³/mol. The fourth-order valence-corrected chi connectivity index (χ4v) is 9.05. The van der Waals surface area contributed by atoms with Gasteiger partial charge >= 0.3 is 5.97 Å². The number of esters is 1. The number of ether oxygens (including phenoxy) is 1. The average Bonchev–Trinajstić information content (AvgIpc) is 2.97. The molecule has 4 aliphatic rings. The lowest BCUT2D eigenvalue weighted by Gasteiger charge is -2.62. The van der Waals surface area contributed by atoms with Crippen molar-refractivity contribution in [1.82, 2.24) is 0 Å². The van der Waals surface area contributed by atoms with Crippen LogP contribution in [0.4, 0.5) is 4.39 Å². The molecule has 0 amide bonds. The summed E-state index contributed by atoms with van der Waals surface area (Å²) in [6.45, 7) is 7.26. The van der Waals surface area contributed by atoms with Crippen LogP contribution >= 0.6 is 27.7 Å². The standard InChI is InChI=1S/C25H32BrFO5S/c1-5-20(30)32-25(21(31)33-13-26)14(2)10-18-17-7-6-15-11-16(28)8-9-22(15,3)24(17,27)19(29)12-23(18,25)4/h8-9,11,14,17-19,29H,5-7,10,12-13H2,1-4H3/t14-,17-,18-,19-,22-,23-,24-,25-/m0/s1. The average molecular weight is 543 g/mol. The number of thioether (sulfide) groups is 1. The third kappa shape index (κ3) is 3.15. The van der Waals surface area contributed by atoms with Crippen molar-refractivity contribution < 1.29 is 28.6 Å². The Hall–Kier alpha value is -0.990. The first-order chi connectivity index (χ1) is 15.4. The van der Waals surface area contributed by atoms with Crippen LogP contribution in [-0.4, -0.2) is 44.0 Å². The summed E-state index contributed by atoms with van der Waals surface area (Å²) in [5.74, 6) is -1.72. The first-order valence-electron chi connectivity index (χ1n) is 11.7. The van der Waals surface area contributed by atoms with Crippen molar-refractivity contribution in [2.45, 2.75) is 77.2 Å². The van der Waals surface area contributed by atoms with Crippen LogP contribution in [0.5, 0.6) is 0 Å². The molecule has 5 nitrogen and oxygen atoms in total. The minimum absolute atomic E-state index is 0.00520. The number of fused-ring (bicyclic) bond motifs is 5. The third-order valence-electron chi connectivity index (χ3n) is 9.23. The lowest BCUT2D eigenvalue weighted by atomic mass is 9.45. The zero-order chi connectivity index (χ0) is 24.4. The Morgan fingerprint density at radius 2 is 2.03 bits per heavy atom. The fraction of sp³-hybridized carbons (Fsp3) is 0.720. The van der Waals surface area contributed by atoms with Crippen molar-refractivity contribution in [3.05, 3.63) is 23.8 Å². The quantitative estimate of drug-likeness (QED) is 0.401. The number of halogens is 2. The number of hydrogen-bond acceptors (Lipinski definition) is 6. The monoisotopic (exact) mass is 542 g/mol. The summed E-state index contributed by atoms with van der Waals surface area (Å²) in [7, 11) is 0. The second-order valence-corrected chi connectivity index (χ2v) is 12.8. The second kappa shape index (κ2) is 8.30. The van der Waals surface area contributed by atoms with E-state index in [-0.39, 0.29) is 35.6 Å². The van der Waals surface area contributed by atoms with Crippen LogP contribution in [0, 0.1) is 28.6 Å². The van der Waals surface area contributed by atoms with Crippen molar-refractivity contribution in [2.24, 2.45) is 28.6 Å². The Morgan fingerprint density at radius 3 is 2.67 bits per heavy atom. The first kappa shape index (κ1) is 25.1. The summed E-state index contributed by atoms with van der Waals surface area (Å²) in [5, 5.41) is 11.2. The molecule has 8 atom stereocenters. The molecule has 1 N–H and O–H groups in total. The Balaban J connectivity index is 1.84. The number of rotatable bonds is 4. The van der Waals surface area contributed by atoms with Crippen LogP contribution in [0.1, 0.15) is 59.8 Å². The maximum absolute atomic E-state index is 17.3. The van der Waals surface area contributed by atoms with E-state index in [2.05, 4.69) is 15.9 Å². The number of allylic oxidation sites excluding steroid dienone is 4. The molecular formula is C25H32BrFO5S. The van der Waals surface area contributed by atoms with E-state index in [0.717, 1.165) is 17.3 Å². The van der Waals surface area contributed by atoms with Gasteiger partial charge in [-0.2, -0.15) is 0 Å². The van der Waals surface area contributed by atoms with E-state index < -0.39 is 40.1 Å². The van der Waals surface area contributed by atoms with E-state index in [0.29, 0.717) is 23.9 Å². The van der Waals surface area contributed by atoms with Gasteiger partial charge in [0.25, 0.3) is 0 Å². The lowest BCUT2D eigenvalue weighted by molar-refractivity contribution is -0.225. The number of aliphatic hydroxyl groups excluding tert-OH is 1. The number of hydrogen-bond donors (Lipinski definition) is 1. The Bertz CT molecular complexity index is 951. The van der Waals surface area contributed by atoms with Gasteiger partial charge in [0.15, 0.2) is 17.1 Å². The molecule has 33 heavy (non-hydrogen) atoms. The summed E-state index contributed by atoms with van der Waals surface area (Å²) in [5.41, 5.74) is -4.69. The number of ketones is 1. The molecule has 182 valence electrons. The van der Waals surface area contributed by atoms with Gasteiger partial charge in [-0.3, -0.25) is 14.4 Å². The zero-order valence-corrected chi connectivity index (χ0v) is 21.9. The highest BCUT2D eigenvalue weighted by Gasteiger charge is 2.77. The maximum Gasteiger partial charge on any atom is 0.306 e. The predicted octanol–water partition coefficient (Wildman–Crippen LogP) is 4.91. The molecule has 0 bridgehead atoms. The summed E-state index contributed by atoms with van der Waals surface area (Å²) < 4.78 is 23.6. The largest absolute Gasteiger partial charge is 0.449 e. The molecule has 0 unspecified atom stereocenters.